The molecule has 108 valence electrons. The van der Waals surface area contributed by atoms with Gasteiger partial charge in [0.1, 0.15) is 0 Å². The van der Waals surface area contributed by atoms with Crippen molar-refractivity contribution in [3.8, 4) is 0 Å². The summed E-state index contributed by atoms with van der Waals surface area (Å²) in [5.74, 6) is -0.0369. The van der Waals surface area contributed by atoms with E-state index in [0.29, 0.717) is 22.0 Å². The molecule has 0 saturated heterocycles. The van der Waals surface area contributed by atoms with E-state index in [0.717, 1.165) is 0 Å². The van der Waals surface area contributed by atoms with Gasteiger partial charge >= 0.3 is 6.03 Å². The molecule has 0 unspecified atom stereocenters. The van der Waals surface area contributed by atoms with Gasteiger partial charge in [0.05, 0.1) is 10.7 Å². The second kappa shape index (κ2) is 6.62. The Kier molecular flexibility index (Phi) is 4.63. The predicted octanol–water partition coefficient (Wildman–Crippen LogP) is 3.08. The highest BCUT2D eigenvalue weighted by atomic mass is 35.5. The van der Waals surface area contributed by atoms with E-state index in [4.69, 9.17) is 22.5 Å². The van der Waals surface area contributed by atoms with Crippen molar-refractivity contribution in [2.75, 3.05) is 10.6 Å². The fraction of sp³-hybridized carbons (Fsp3) is 0. The number of nitrogens with two attached hydrogens (primary N) is 1. The summed E-state index contributed by atoms with van der Waals surface area (Å²) >= 11 is 5.95. The topological polar surface area (TPSA) is 99.7 Å². The van der Waals surface area contributed by atoms with Crippen LogP contribution in [-0.2, 0) is 0 Å². The third kappa shape index (κ3) is 3.87. The largest absolute Gasteiger partial charge is 0.409 e. The van der Waals surface area contributed by atoms with Gasteiger partial charge in [-0.15, -0.1) is 0 Å². The molecule has 0 aliphatic heterocycles. The molecule has 0 aromatic heterocycles. The zero-order valence-electron chi connectivity index (χ0n) is 10.9. The van der Waals surface area contributed by atoms with Gasteiger partial charge in [-0.05, 0) is 24.3 Å². The van der Waals surface area contributed by atoms with Crippen LogP contribution in [0.5, 0.6) is 0 Å². The van der Waals surface area contributed by atoms with Gasteiger partial charge in [0.25, 0.3) is 0 Å². The van der Waals surface area contributed by atoms with Gasteiger partial charge in [0.15, 0.2) is 5.84 Å². The fourth-order valence-corrected chi connectivity index (χ4v) is 1.84. The molecule has 6 nitrogen and oxygen atoms in total. The number of oxime groups is 1. The van der Waals surface area contributed by atoms with Crippen molar-refractivity contribution in [1.29, 1.82) is 0 Å². The van der Waals surface area contributed by atoms with Crippen LogP contribution in [0.1, 0.15) is 5.56 Å². The van der Waals surface area contributed by atoms with Crippen LogP contribution in [0.25, 0.3) is 0 Å². The minimum Gasteiger partial charge on any atom is -0.409 e. The molecule has 0 spiro atoms. The highest BCUT2D eigenvalue weighted by Crippen LogP contribution is 2.20. The number of carbonyl (C=O) groups excluding carboxylic acids is 1. The van der Waals surface area contributed by atoms with E-state index in [9.17, 15) is 4.79 Å². The van der Waals surface area contributed by atoms with E-state index >= 15 is 0 Å². The molecule has 2 aromatic carbocycles. The zero-order chi connectivity index (χ0) is 15.2. The number of amides is 2. The van der Waals surface area contributed by atoms with E-state index in [1.54, 1.807) is 48.5 Å². The standard InChI is InChI=1S/C14H13ClN4O2/c15-11-6-1-2-7-12(11)18-14(20)17-10-5-3-4-9(8-10)13(16)19-21/h1-8,21H,(H2,16,19)(H2,17,18,20). The number of para-hydroxylation sites is 1. The summed E-state index contributed by atoms with van der Waals surface area (Å²) in [4.78, 5) is 11.9. The third-order valence-electron chi connectivity index (χ3n) is 2.65. The second-order valence-corrected chi connectivity index (χ2v) is 4.53. The first-order valence-electron chi connectivity index (χ1n) is 6.00. The summed E-state index contributed by atoms with van der Waals surface area (Å²) < 4.78 is 0. The number of carbonyl (C=O) groups is 1. The van der Waals surface area contributed by atoms with Gasteiger partial charge in [-0.3, -0.25) is 0 Å². The van der Waals surface area contributed by atoms with Crippen molar-refractivity contribution in [3.63, 3.8) is 0 Å². The van der Waals surface area contributed by atoms with E-state index in [1.807, 2.05) is 0 Å². The van der Waals surface area contributed by atoms with E-state index in [-0.39, 0.29) is 5.84 Å². The van der Waals surface area contributed by atoms with Crippen LogP contribution in [0.3, 0.4) is 0 Å². The van der Waals surface area contributed by atoms with Crippen molar-refractivity contribution in [3.05, 3.63) is 59.1 Å². The average Bonchev–Trinajstić information content (AvgIpc) is 2.49. The highest BCUT2D eigenvalue weighted by molar-refractivity contribution is 6.33. The van der Waals surface area contributed by atoms with E-state index < -0.39 is 6.03 Å². The molecule has 21 heavy (non-hydrogen) atoms. The summed E-state index contributed by atoms with van der Waals surface area (Å²) in [7, 11) is 0. The monoisotopic (exact) mass is 304 g/mol. The first kappa shape index (κ1) is 14.7. The Morgan fingerprint density at radius 1 is 1.14 bits per heavy atom. The minimum atomic E-state index is -0.445. The summed E-state index contributed by atoms with van der Waals surface area (Å²) in [6.07, 6.45) is 0. The molecular formula is C14H13ClN4O2. The molecule has 0 aliphatic carbocycles. The maximum Gasteiger partial charge on any atom is 0.323 e. The first-order valence-corrected chi connectivity index (χ1v) is 6.38. The Bertz CT molecular complexity index is 688. The highest BCUT2D eigenvalue weighted by Gasteiger charge is 2.06. The van der Waals surface area contributed by atoms with Crippen molar-refractivity contribution >= 4 is 34.8 Å². The Hall–Kier alpha value is -2.73. The maximum absolute atomic E-state index is 11.9. The lowest BCUT2D eigenvalue weighted by Gasteiger charge is -2.09. The van der Waals surface area contributed by atoms with Gasteiger partial charge in [-0.2, -0.15) is 0 Å². The fourth-order valence-electron chi connectivity index (χ4n) is 1.66. The number of hydrogen-bond acceptors (Lipinski definition) is 3. The smallest absolute Gasteiger partial charge is 0.323 e. The van der Waals surface area contributed by atoms with E-state index in [2.05, 4.69) is 15.8 Å². The zero-order valence-corrected chi connectivity index (χ0v) is 11.6. The molecule has 2 aromatic rings. The van der Waals surface area contributed by atoms with Crippen LogP contribution in [0.2, 0.25) is 5.02 Å². The summed E-state index contributed by atoms with van der Waals surface area (Å²) in [6, 6.07) is 13.1. The lowest BCUT2D eigenvalue weighted by molar-refractivity contribution is 0.262. The Morgan fingerprint density at radius 2 is 1.90 bits per heavy atom. The molecular weight excluding hydrogens is 292 g/mol. The lowest BCUT2D eigenvalue weighted by Crippen LogP contribution is -2.20. The summed E-state index contributed by atoms with van der Waals surface area (Å²) in [6.45, 7) is 0. The van der Waals surface area contributed by atoms with Crippen molar-refractivity contribution < 1.29 is 10.0 Å². The summed E-state index contributed by atoms with van der Waals surface area (Å²) in [5, 5.41) is 17.2. The van der Waals surface area contributed by atoms with Crippen LogP contribution in [-0.4, -0.2) is 17.1 Å². The SMILES string of the molecule is N/C(=N/O)c1cccc(NC(=O)Nc2ccccc2Cl)c1. The van der Waals surface area contributed by atoms with Crippen LogP contribution in [0.4, 0.5) is 16.2 Å². The van der Waals surface area contributed by atoms with Crippen LogP contribution in [0.15, 0.2) is 53.7 Å². The van der Waals surface area contributed by atoms with Gasteiger partial charge in [0, 0.05) is 11.3 Å². The number of anilines is 2. The number of rotatable bonds is 3. The molecule has 2 rings (SSSR count). The predicted molar refractivity (Wildman–Crippen MR) is 83.0 cm³/mol. The summed E-state index contributed by atoms with van der Waals surface area (Å²) in [5.41, 5.74) is 6.99. The number of amidine groups is 1. The van der Waals surface area contributed by atoms with Crippen molar-refractivity contribution in [2.24, 2.45) is 10.9 Å². The normalized spacial score (nSPS) is 11.0. The van der Waals surface area contributed by atoms with Gasteiger partial charge < -0.3 is 21.6 Å². The average molecular weight is 305 g/mol. The lowest BCUT2D eigenvalue weighted by atomic mass is 10.2. The third-order valence-corrected chi connectivity index (χ3v) is 2.98. The number of halogens is 1. The minimum absolute atomic E-state index is 0.0369. The molecule has 5 N–H and O–H groups in total. The molecule has 0 aliphatic rings. The number of urea groups is 1. The molecule has 2 amide bonds. The van der Waals surface area contributed by atoms with Gasteiger partial charge in [-0.1, -0.05) is 41.0 Å². The van der Waals surface area contributed by atoms with Crippen LogP contribution < -0.4 is 16.4 Å². The first-order chi connectivity index (χ1) is 10.1. The molecule has 7 heteroatoms. The molecule has 0 bridgehead atoms. The Labute approximate surface area is 126 Å². The van der Waals surface area contributed by atoms with Gasteiger partial charge in [0.2, 0.25) is 0 Å². The Morgan fingerprint density at radius 3 is 2.62 bits per heavy atom. The van der Waals surface area contributed by atoms with Crippen molar-refractivity contribution in [2.45, 2.75) is 0 Å². The quantitative estimate of drug-likeness (QED) is 0.303. The van der Waals surface area contributed by atoms with E-state index in [1.165, 1.54) is 0 Å². The van der Waals surface area contributed by atoms with Crippen LogP contribution in [0, 0.1) is 0 Å². The number of nitrogens with one attached hydrogen (secondary N) is 2. The molecule has 0 fully saturated rings. The Balaban J connectivity index is 2.08. The van der Waals surface area contributed by atoms with Gasteiger partial charge in [-0.25, -0.2) is 4.79 Å². The molecule has 0 radical (unpaired) electrons. The number of hydrogen-bond donors (Lipinski definition) is 4. The molecule has 0 heterocycles. The number of benzene rings is 2. The van der Waals surface area contributed by atoms with Crippen LogP contribution >= 0.6 is 11.6 Å². The van der Waals surface area contributed by atoms with Crippen molar-refractivity contribution in [1.82, 2.24) is 0 Å². The number of nitrogens with zero attached hydrogens (tertiary/aromatic N) is 1. The maximum atomic E-state index is 11.9. The second-order valence-electron chi connectivity index (χ2n) is 4.13. The molecule has 0 saturated carbocycles. The molecule has 0 atom stereocenters.